The van der Waals surface area contributed by atoms with Gasteiger partial charge in [0.15, 0.2) is 0 Å². The molecule has 1 N–H and O–H groups in total. The van der Waals surface area contributed by atoms with Gasteiger partial charge in [-0.3, -0.25) is 0 Å². The smallest absolute Gasteiger partial charge is 0.337 e. The van der Waals surface area contributed by atoms with Crippen molar-refractivity contribution in [2.24, 2.45) is 0 Å². The number of amides is 2. The van der Waals surface area contributed by atoms with E-state index in [2.05, 4.69) is 11.9 Å². The van der Waals surface area contributed by atoms with Crippen molar-refractivity contribution in [2.75, 3.05) is 44.5 Å². The maximum atomic E-state index is 12.4. The highest BCUT2D eigenvalue weighted by atomic mass is 16.5. The van der Waals surface area contributed by atoms with Crippen molar-refractivity contribution in [3.63, 3.8) is 0 Å². The molecule has 0 fully saturated rings. The van der Waals surface area contributed by atoms with Crippen molar-refractivity contribution in [3.8, 4) is 0 Å². The Hall–Kier alpha value is -2.50. The second kappa shape index (κ2) is 8.22. The van der Waals surface area contributed by atoms with E-state index in [0.29, 0.717) is 24.3 Å². The van der Waals surface area contributed by atoms with Gasteiger partial charge in [-0.25, -0.2) is 9.59 Å². The Bertz CT molecular complexity index is 597. The van der Waals surface area contributed by atoms with Gasteiger partial charge in [0.25, 0.3) is 0 Å². The monoisotopic (exact) mass is 319 g/mol. The summed E-state index contributed by atoms with van der Waals surface area (Å²) in [4.78, 5) is 27.5. The molecule has 0 aromatic heterocycles. The minimum atomic E-state index is -0.413. The number of anilines is 2. The number of ether oxygens (including phenoxy) is 1. The molecule has 0 atom stereocenters. The maximum Gasteiger partial charge on any atom is 0.337 e. The number of methoxy groups -OCH3 is 1. The number of hydrogen-bond donors (Lipinski definition) is 1. The Kier molecular flexibility index (Phi) is 6.63. The minimum absolute atomic E-state index is 0.204. The average molecular weight is 319 g/mol. The molecule has 1 rings (SSSR count). The van der Waals surface area contributed by atoms with E-state index < -0.39 is 5.97 Å². The Morgan fingerprint density at radius 3 is 2.43 bits per heavy atom. The lowest BCUT2D eigenvalue weighted by Crippen LogP contribution is -2.36. The topological polar surface area (TPSA) is 61.9 Å². The molecule has 1 aromatic carbocycles. The van der Waals surface area contributed by atoms with Crippen molar-refractivity contribution >= 4 is 23.4 Å². The number of likely N-dealkylation sites (N-methyl/N-ethyl adjacent to an activating group) is 1. The van der Waals surface area contributed by atoms with Gasteiger partial charge in [-0.15, -0.1) is 0 Å². The second-order valence-electron chi connectivity index (χ2n) is 5.52. The summed E-state index contributed by atoms with van der Waals surface area (Å²) in [6.07, 6.45) is 0. The molecule has 126 valence electrons. The number of carbonyl (C=O) groups excluding carboxylic acids is 2. The van der Waals surface area contributed by atoms with Crippen LogP contribution in [0, 0.1) is 0 Å². The summed E-state index contributed by atoms with van der Waals surface area (Å²) in [5.74, 6) is -0.413. The number of rotatable bonds is 6. The second-order valence-corrected chi connectivity index (χ2v) is 5.52. The fraction of sp³-hybridized carbons (Fsp3) is 0.412. The van der Waals surface area contributed by atoms with Crippen LogP contribution in [-0.2, 0) is 4.74 Å². The molecular formula is C17H25N3O3. The zero-order chi connectivity index (χ0) is 17.6. The Labute approximate surface area is 137 Å². The molecule has 0 aliphatic heterocycles. The third-order valence-electron chi connectivity index (χ3n) is 3.27. The van der Waals surface area contributed by atoms with Crippen molar-refractivity contribution in [1.29, 1.82) is 0 Å². The summed E-state index contributed by atoms with van der Waals surface area (Å²) >= 11 is 0. The van der Waals surface area contributed by atoms with E-state index >= 15 is 0 Å². The van der Waals surface area contributed by atoms with Crippen LogP contribution in [0.5, 0.6) is 0 Å². The largest absolute Gasteiger partial charge is 0.465 e. The summed E-state index contributed by atoms with van der Waals surface area (Å²) in [7, 11) is 5.03. The third-order valence-corrected chi connectivity index (χ3v) is 3.27. The molecule has 6 nitrogen and oxygen atoms in total. The number of hydrogen-bond acceptors (Lipinski definition) is 4. The fourth-order valence-electron chi connectivity index (χ4n) is 2.10. The van der Waals surface area contributed by atoms with Crippen molar-refractivity contribution < 1.29 is 14.3 Å². The first kappa shape index (κ1) is 18.5. The van der Waals surface area contributed by atoms with E-state index in [1.807, 2.05) is 32.8 Å². The number of nitrogens with zero attached hydrogens (tertiary/aromatic N) is 2. The molecule has 0 saturated heterocycles. The third kappa shape index (κ3) is 5.02. The zero-order valence-corrected chi connectivity index (χ0v) is 14.5. The quantitative estimate of drug-likeness (QED) is 0.647. The highest BCUT2D eigenvalue weighted by Crippen LogP contribution is 2.26. The van der Waals surface area contributed by atoms with Gasteiger partial charge in [-0.1, -0.05) is 12.2 Å². The van der Waals surface area contributed by atoms with Gasteiger partial charge < -0.3 is 19.9 Å². The summed E-state index contributed by atoms with van der Waals surface area (Å²) < 4.78 is 4.73. The summed E-state index contributed by atoms with van der Waals surface area (Å²) in [6, 6.07) is 4.82. The molecular weight excluding hydrogens is 294 g/mol. The van der Waals surface area contributed by atoms with Gasteiger partial charge in [0.1, 0.15) is 0 Å². The summed E-state index contributed by atoms with van der Waals surface area (Å²) in [5, 5.41) is 2.88. The van der Waals surface area contributed by atoms with E-state index in [1.54, 1.807) is 23.1 Å². The normalized spacial score (nSPS) is 9.96. The number of benzene rings is 1. The van der Waals surface area contributed by atoms with Gasteiger partial charge in [0, 0.05) is 27.2 Å². The molecule has 0 radical (unpaired) electrons. The van der Waals surface area contributed by atoms with Crippen LogP contribution >= 0.6 is 0 Å². The molecule has 23 heavy (non-hydrogen) atoms. The number of urea groups is 1. The van der Waals surface area contributed by atoms with Crippen LogP contribution in [0.1, 0.15) is 24.2 Å². The lowest BCUT2D eigenvalue weighted by atomic mass is 10.1. The van der Waals surface area contributed by atoms with Gasteiger partial charge >= 0.3 is 12.0 Å². The molecule has 2 amide bonds. The van der Waals surface area contributed by atoms with E-state index in [4.69, 9.17) is 4.74 Å². The van der Waals surface area contributed by atoms with Crippen molar-refractivity contribution in [1.82, 2.24) is 4.90 Å². The van der Waals surface area contributed by atoms with E-state index in [1.165, 1.54) is 7.11 Å². The molecule has 0 bridgehead atoms. The number of carbonyl (C=O) groups is 2. The first-order valence-electron chi connectivity index (χ1n) is 7.40. The van der Waals surface area contributed by atoms with E-state index in [0.717, 1.165) is 11.3 Å². The molecule has 0 aliphatic carbocycles. The first-order chi connectivity index (χ1) is 10.8. The molecule has 0 spiro atoms. The lowest BCUT2D eigenvalue weighted by Gasteiger charge is -2.24. The highest BCUT2D eigenvalue weighted by Gasteiger charge is 2.16. The standard InChI is InChI=1S/C17H25N3O3/c1-7-20(11-12(2)3)17(22)18-14-9-8-13(16(21)23-6)10-15(14)19(4)5/h8-10H,2,7,11H2,1,3-6H3,(H,18,22). The van der Waals surface area contributed by atoms with Crippen LogP contribution in [0.15, 0.2) is 30.4 Å². The fourth-order valence-corrected chi connectivity index (χ4v) is 2.10. The van der Waals surface area contributed by atoms with Crippen LogP contribution in [0.3, 0.4) is 0 Å². The van der Waals surface area contributed by atoms with Gasteiger partial charge in [-0.2, -0.15) is 0 Å². The van der Waals surface area contributed by atoms with Crippen LogP contribution < -0.4 is 10.2 Å². The van der Waals surface area contributed by atoms with Crippen LogP contribution in [0.2, 0.25) is 0 Å². The molecule has 1 aromatic rings. The van der Waals surface area contributed by atoms with Gasteiger partial charge in [0.2, 0.25) is 0 Å². The van der Waals surface area contributed by atoms with Crippen LogP contribution in [0.4, 0.5) is 16.2 Å². The van der Waals surface area contributed by atoms with E-state index in [9.17, 15) is 9.59 Å². The molecule has 6 heteroatoms. The summed E-state index contributed by atoms with van der Waals surface area (Å²) in [6.45, 7) is 8.71. The Morgan fingerprint density at radius 2 is 1.96 bits per heavy atom. The minimum Gasteiger partial charge on any atom is -0.465 e. The Balaban J connectivity index is 3.05. The lowest BCUT2D eigenvalue weighted by molar-refractivity contribution is 0.0601. The molecule has 0 heterocycles. The van der Waals surface area contributed by atoms with Crippen LogP contribution in [-0.4, -0.2) is 51.2 Å². The molecule has 0 aliphatic rings. The average Bonchev–Trinajstić information content (AvgIpc) is 2.51. The van der Waals surface area contributed by atoms with Gasteiger partial charge in [0.05, 0.1) is 24.0 Å². The van der Waals surface area contributed by atoms with Crippen LogP contribution in [0.25, 0.3) is 0 Å². The zero-order valence-electron chi connectivity index (χ0n) is 14.5. The number of esters is 1. The first-order valence-corrected chi connectivity index (χ1v) is 7.40. The van der Waals surface area contributed by atoms with Gasteiger partial charge in [-0.05, 0) is 32.0 Å². The number of nitrogens with one attached hydrogen (secondary N) is 1. The molecule has 0 saturated carbocycles. The van der Waals surface area contributed by atoms with E-state index in [-0.39, 0.29) is 6.03 Å². The molecule has 0 unspecified atom stereocenters. The SMILES string of the molecule is C=C(C)CN(CC)C(=O)Nc1ccc(C(=O)OC)cc1N(C)C. The highest BCUT2D eigenvalue weighted by molar-refractivity contribution is 5.97. The predicted octanol–water partition coefficient (Wildman–Crippen LogP) is 2.97. The predicted molar refractivity (Wildman–Crippen MR) is 93.2 cm³/mol. The van der Waals surface area contributed by atoms with Crippen molar-refractivity contribution in [2.45, 2.75) is 13.8 Å². The van der Waals surface area contributed by atoms with Crippen molar-refractivity contribution in [3.05, 3.63) is 35.9 Å². The Morgan fingerprint density at radius 1 is 1.30 bits per heavy atom. The summed E-state index contributed by atoms with van der Waals surface area (Å²) in [5.41, 5.74) is 2.71. The maximum absolute atomic E-state index is 12.4.